The van der Waals surface area contributed by atoms with Crippen molar-refractivity contribution in [2.75, 3.05) is 13.1 Å². The average molecular weight is 517 g/mol. The second-order valence-corrected chi connectivity index (χ2v) is 8.63. The molecular formula is C21H40N8O7. The number of aliphatic carboxylic acids is 2. The number of nitrogens with zero attached hydrogens (tertiary/aromatic N) is 1. The topological polar surface area (TPSA) is 278 Å². The second-order valence-electron chi connectivity index (χ2n) is 8.63. The molecule has 15 heteroatoms. The molecule has 13 N–H and O–H groups in total. The van der Waals surface area contributed by atoms with Gasteiger partial charge in [-0.05, 0) is 44.6 Å². The van der Waals surface area contributed by atoms with Gasteiger partial charge in [-0.25, -0.2) is 4.79 Å². The van der Waals surface area contributed by atoms with Crippen molar-refractivity contribution in [2.24, 2.45) is 33.8 Å². The summed E-state index contributed by atoms with van der Waals surface area (Å²) in [4.78, 5) is 64.3. The molecule has 15 nitrogen and oxygen atoms in total. The molecule has 0 aromatic rings. The number of carbonyl (C=O) groups excluding carboxylic acids is 3. The minimum absolute atomic E-state index is 0.0491. The standard InChI is InChI=1S/C21H40N8O7/c1-11(2)16(29-17(32)12(23)10-15(30)31)19(34)27-13(6-3-4-8-22)18(33)28-14(20(35)36)7-5-9-26-21(24)25/h11-14,16H,3-10,22-23H2,1-2H3,(H,27,34)(H,28,33)(H,29,32)(H,30,31)(H,35,36)(H4,24,25,26). The molecule has 0 aromatic carbocycles. The number of nitrogens with one attached hydrogen (secondary N) is 3. The highest BCUT2D eigenvalue weighted by molar-refractivity contribution is 5.94. The number of guanidine groups is 1. The molecule has 0 rings (SSSR count). The van der Waals surface area contributed by atoms with Crippen molar-refractivity contribution in [2.45, 2.75) is 76.5 Å². The molecule has 206 valence electrons. The third-order valence-electron chi connectivity index (χ3n) is 5.12. The van der Waals surface area contributed by atoms with Crippen LogP contribution in [0.5, 0.6) is 0 Å². The largest absolute Gasteiger partial charge is 0.481 e. The number of amides is 3. The first-order chi connectivity index (χ1) is 16.8. The van der Waals surface area contributed by atoms with Gasteiger partial charge in [0.2, 0.25) is 17.7 Å². The Hall–Kier alpha value is -3.46. The number of carboxylic acids is 2. The SMILES string of the molecule is CC(C)C(NC(=O)C(N)CC(=O)O)C(=O)NC(CCCCN)C(=O)NC(CCCN=C(N)N)C(=O)O. The lowest BCUT2D eigenvalue weighted by Crippen LogP contribution is -2.58. The second kappa shape index (κ2) is 17.0. The van der Waals surface area contributed by atoms with Crippen LogP contribution in [0, 0.1) is 5.92 Å². The fourth-order valence-electron chi connectivity index (χ4n) is 3.13. The summed E-state index contributed by atoms with van der Waals surface area (Å²) < 4.78 is 0. The summed E-state index contributed by atoms with van der Waals surface area (Å²) in [5.74, 6) is -5.35. The van der Waals surface area contributed by atoms with E-state index in [1.54, 1.807) is 13.8 Å². The minimum Gasteiger partial charge on any atom is -0.481 e. The molecule has 0 aromatic heterocycles. The van der Waals surface area contributed by atoms with Crippen LogP contribution in [0.3, 0.4) is 0 Å². The van der Waals surface area contributed by atoms with Crippen molar-refractivity contribution in [3.63, 3.8) is 0 Å². The minimum atomic E-state index is -1.37. The molecule has 3 amide bonds. The number of nitrogens with two attached hydrogens (primary N) is 4. The van der Waals surface area contributed by atoms with Crippen LogP contribution in [0.2, 0.25) is 0 Å². The maximum Gasteiger partial charge on any atom is 0.326 e. The summed E-state index contributed by atoms with van der Waals surface area (Å²) in [6.07, 6.45) is 0.924. The Kier molecular flexibility index (Phi) is 15.4. The van der Waals surface area contributed by atoms with Crippen LogP contribution >= 0.6 is 0 Å². The molecule has 0 bridgehead atoms. The fourth-order valence-corrected chi connectivity index (χ4v) is 3.13. The van der Waals surface area contributed by atoms with Crippen LogP contribution in [-0.4, -0.2) is 83.1 Å². The van der Waals surface area contributed by atoms with E-state index in [9.17, 15) is 29.1 Å². The maximum atomic E-state index is 13.0. The van der Waals surface area contributed by atoms with Crippen molar-refractivity contribution >= 4 is 35.6 Å². The number of hydrogen-bond donors (Lipinski definition) is 9. The van der Waals surface area contributed by atoms with Gasteiger partial charge in [0.25, 0.3) is 0 Å². The summed E-state index contributed by atoms with van der Waals surface area (Å²) in [5.41, 5.74) is 21.6. The van der Waals surface area contributed by atoms with E-state index in [0.29, 0.717) is 19.4 Å². The Balaban J connectivity index is 5.43. The highest BCUT2D eigenvalue weighted by atomic mass is 16.4. The maximum absolute atomic E-state index is 13.0. The number of unbranched alkanes of at least 4 members (excludes halogenated alkanes) is 1. The van der Waals surface area contributed by atoms with E-state index < -0.39 is 66.2 Å². The number of rotatable bonds is 18. The first-order valence-corrected chi connectivity index (χ1v) is 11.7. The van der Waals surface area contributed by atoms with Crippen molar-refractivity contribution in [1.29, 1.82) is 0 Å². The Labute approximate surface area is 209 Å². The van der Waals surface area contributed by atoms with Crippen molar-refractivity contribution < 1.29 is 34.2 Å². The third-order valence-corrected chi connectivity index (χ3v) is 5.12. The fraction of sp³-hybridized carbons (Fsp3) is 0.714. The van der Waals surface area contributed by atoms with Gasteiger partial charge in [-0.15, -0.1) is 0 Å². The Morgan fingerprint density at radius 1 is 0.833 bits per heavy atom. The number of carboxylic acid groups (broad SMARTS) is 2. The molecular weight excluding hydrogens is 476 g/mol. The van der Waals surface area contributed by atoms with Crippen LogP contribution in [0.25, 0.3) is 0 Å². The van der Waals surface area contributed by atoms with Gasteiger partial charge in [-0.3, -0.25) is 24.2 Å². The summed E-state index contributed by atoms with van der Waals surface area (Å²) in [6, 6.07) is -4.82. The van der Waals surface area contributed by atoms with Crippen molar-refractivity contribution in [1.82, 2.24) is 16.0 Å². The van der Waals surface area contributed by atoms with E-state index in [4.69, 9.17) is 28.0 Å². The molecule has 0 heterocycles. The number of hydrogen-bond acceptors (Lipinski definition) is 8. The molecule has 0 aliphatic heterocycles. The van der Waals surface area contributed by atoms with E-state index in [1.165, 1.54) is 0 Å². The van der Waals surface area contributed by atoms with E-state index in [1.807, 2.05) is 0 Å². The first-order valence-electron chi connectivity index (χ1n) is 11.7. The molecule has 36 heavy (non-hydrogen) atoms. The van der Waals surface area contributed by atoms with Crippen molar-refractivity contribution in [3.8, 4) is 0 Å². The monoisotopic (exact) mass is 516 g/mol. The lowest BCUT2D eigenvalue weighted by atomic mass is 10.0. The van der Waals surface area contributed by atoms with Crippen LogP contribution in [-0.2, 0) is 24.0 Å². The molecule has 0 saturated heterocycles. The quantitative estimate of drug-likeness (QED) is 0.0508. The van der Waals surface area contributed by atoms with Gasteiger partial charge in [-0.2, -0.15) is 0 Å². The van der Waals surface area contributed by atoms with E-state index in [-0.39, 0.29) is 31.8 Å². The third kappa shape index (κ3) is 13.4. The molecule has 0 fully saturated rings. The Morgan fingerprint density at radius 3 is 1.92 bits per heavy atom. The molecule has 0 saturated carbocycles. The molecule has 0 aliphatic carbocycles. The smallest absolute Gasteiger partial charge is 0.326 e. The van der Waals surface area contributed by atoms with Gasteiger partial charge < -0.3 is 49.1 Å². The number of aliphatic imine (C=N–C) groups is 1. The molecule has 0 aliphatic rings. The van der Waals surface area contributed by atoms with E-state index >= 15 is 0 Å². The zero-order valence-electron chi connectivity index (χ0n) is 20.7. The zero-order chi connectivity index (χ0) is 27.8. The molecule has 4 atom stereocenters. The predicted molar refractivity (Wildman–Crippen MR) is 131 cm³/mol. The lowest BCUT2D eigenvalue weighted by Gasteiger charge is -2.27. The first kappa shape index (κ1) is 32.5. The highest BCUT2D eigenvalue weighted by Crippen LogP contribution is 2.08. The Bertz CT molecular complexity index is 786. The summed E-state index contributed by atoms with van der Waals surface area (Å²) in [7, 11) is 0. The molecule has 4 unspecified atom stereocenters. The summed E-state index contributed by atoms with van der Waals surface area (Å²) in [5, 5.41) is 25.7. The van der Waals surface area contributed by atoms with E-state index in [0.717, 1.165) is 0 Å². The summed E-state index contributed by atoms with van der Waals surface area (Å²) >= 11 is 0. The van der Waals surface area contributed by atoms with Gasteiger partial charge >= 0.3 is 11.9 Å². The normalized spacial score (nSPS) is 14.1. The van der Waals surface area contributed by atoms with Gasteiger partial charge in [0.1, 0.15) is 18.1 Å². The van der Waals surface area contributed by atoms with Gasteiger partial charge in [0.05, 0.1) is 12.5 Å². The predicted octanol–water partition coefficient (Wildman–Crippen LogP) is -2.83. The van der Waals surface area contributed by atoms with Crippen LogP contribution < -0.4 is 38.9 Å². The summed E-state index contributed by atoms with van der Waals surface area (Å²) in [6.45, 7) is 3.83. The van der Waals surface area contributed by atoms with Gasteiger partial charge in [0.15, 0.2) is 5.96 Å². The average Bonchev–Trinajstić information content (AvgIpc) is 2.77. The Morgan fingerprint density at radius 2 is 1.42 bits per heavy atom. The van der Waals surface area contributed by atoms with Crippen molar-refractivity contribution in [3.05, 3.63) is 0 Å². The molecule has 0 spiro atoms. The van der Waals surface area contributed by atoms with Gasteiger partial charge in [0, 0.05) is 6.54 Å². The number of carbonyl (C=O) groups is 5. The van der Waals surface area contributed by atoms with Crippen LogP contribution in [0.1, 0.15) is 52.4 Å². The van der Waals surface area contributed by atoms with Crippen LogP contribution in [0.4, 0.5) is 0 Å². The molecule has 0 radical (unpaired) electrons. The zero-order valence-corrected chi connectivity index (χ0v) is 20.7. The highest BCUT2D eigenvalue weighted by Gasteiger charge is 2.31. The lowest BCUT2D eigenvalue weighted by molar-refractivity contribution is -0.142. The van der Waals surface area contributed by atoms with Crippen LogP contribution in [0.15, 0.2) is 4.99 Å². The van der Waals surface area contributed by atoms with Gasteiger partial charge in [-0.1, -0.05) is 13.8 Å². The van der Waals surface area contributed by atoms with E-state index in [2.05, 4.69) is 20.9 Å².